The molecule has 1 heterocycles. The highest BCUT2D eigenvalue weighted by Crippen LogP contribution is 2.26. The van der Waals surface area contributed by atoms with E-state index in [4.69, 9.17) is 11.6 Å². The van der Waals surface area contributed by atoms with Gasteiger partial charge < -0.3 is 10.4 Å². The lowest BCUT2D eigenvalue weighted by Gasteiger charge is -2.14. The van der Waals surface area contributed by atoms with E-state index in [9.17, 15) is 9.90 Å². The Hall–Kier alpha value is -0.580. The molecular weight excluding hydrogens is 270 g/mol. The molecule has 0 aliphatic heterocycles. The molecule has 1 rings (SSSR count). The van der Waals surface area contributed by atoms with Crippen LogP contribution in [0.25, 0.3) is 0 Å². The van der Waals surface area contributed by atoms with E-state index < -0.39 is 6.10 Å². The van der Waals surface area contributed by atoms with E-state index in [0.29, 0.717) is 4.34 Å². The van der Waals surface area contributed by atoms with Gasteiger partial charge in [0, 0.05) is 17.3 Å². The number of aliphatic hydroxyl groups excluding tert-OH is 1. The number of carbonyl (C=O) groups excluding carboxylic acids is 1. The molecule has 0 spiro atoms. The Morgan fingerprint density at radius 3 is 2.83 bits per heavy atom. The minimum absolute atomic E-state index is 0.00377. The minimum atomic E-state index is -0.676. The van der Waals surface area contributed by atoms with Crippen LogP contribution in [0.5, 0.6) is 0 Å². The number of aliphatic hydroxyl groups is 1. The topological polar surface area (TPSA) is 49.3 Å². The number of carbonyl (C=O) groups is 1. The second kappa shape index (κ2) is 7.77. The van der Waals surface area contributed by atoms with Gasteiger partial charge in [-0.15, -0.1) is 11.3 Å². The molecule has 1 amide bonds. The van der Waals surface area contributed by atoms with Crippen LogP contribution in [0, 0.1) is 5.92 Å². The van der Waals surface area contributed by atoms with Crippen LogP contribution in [0.1, 0.15) is 44.1 Å². The molecule has 102 valence electrons. The Morgan fingerprint density at radius 2 is 2.28 bits per heavy atom. The third-order valence-corrected chi connectivity index (χ3v) is 4.16. The van der Waals surface area contributed by atoms with Crippen LogP contribution in [0.3, 0.4) is 0 Å². The normalized spacial score (nSPS) is 14.2. The Labute approximate surface area is 117 Å². The van der Waals surface area contributed by atoms with Gasteiger partial charge in [0.15, 0.2) is 0 Å². The first kappa shape index (κ1) is 15.5. The van der Waals surface area contributed by atoms with Gasteiger partial charge >= 0.3 is 0 Å². The van der Waals surface area contributed by atoms with Gasteiger partial charge in [0.05, 0.1) is 4.34 Å². The highest BCUT2D eigenvalue weighted by atomic mass is 35.5. The molecule has 2 N–H and O–H groups in total. The predicted molar refractivity (Wildman–Crippen MR) is 76.0 cm³/mol. The Bertz CT molecular complexity index is 381. The fourth-order valence-corrected chi connectivity index (χ4v) is 2.67. The van der Waals surface area contributed by atoms with E-state index in [0.717, 1.165) is 24.1 Å². The van der Waals surface area contributed by atoms with E-state index in [-0.39, 0.29) is 18.4 Å². The summed E-state index contributed by atoms with van der Waals surface area (Å²) < 4.78 is 0.645. The summed E-state index contributed by atoms with van der Waals surface area (Å²) in [5.41, 5.74) is 0. The molecule has 0 saturated heterocycles. The zero-order valence-corrected chi connectivity index (χ0v) is 12.4. The highest BCUT2D eigenvalue weighted by Gasteiger charge is 2.15. The number of amides is 1. The van der Waals surface area contributed by atoms with Crippen molar-refractivity contribution in [3.63, 3.8) is 0 Å². The van der Waals surface area contributed by atoms with E-state index in [1.165, 1.54) is 11.3 Å². The summed E-state index contributed by atoms with van der Waals surface area (Å²) in [6, 6.07) is 3.53. The van der Waals surface area contributed by atoms with Gasteiger partial charge in [0.2, 0.25) is 5.91 Å². The molecule has 0 aromatic carbocycles. The molecule has 5 heteroatoms. The lowest BCUT2D eigenvalue weighted by atomic mass is 10.0. The maximum atomic E-state index is 11.7. The number of hydrogen-bond acceptors (Lipinski definition) is 3. The number of rotatable bonds is 7. The van der Waals surface area contributed by atoms with Crippen LogP contribution >= 0.6 is 22.9 Å². The van der Waals surface area contributed by atoms with Crippen LogP contribution in [-0.4, -0.2) is 17.6 Å². The fourth-order valence-electron chi connectivity index (χ4n) is 1.62. The Kier molecular flexibility index (Phi) is 6.68. The maximum Gasteiger partial charge on any atom is 0.222 e. The first-order chi connectivity index (χ1) is 8.54. The average molecular weight is 290 g/mol. The molecular formula is C13H20ClNO2S. The summed E-state index contributed by atoms with van der Waals surface area (Å²) in [6.45, 7) is 4.26. The summed E-state index contributed by atoms with van der Waals surface area (Å²) in [7, 11) is 0. The molecule has 0 aliphatic rings. The van der Waals surface area contributed by atoms with Crippen molar-refractivity contribution < 1.29 is 9.90 Å². The van der Waals surface area contributed by atoms with Crippen molar-refractivity contribution in [1.29, 1.82) is 0 Å². The summed E-state index contributed by atoms with van der Waals surface area (Å²) in [5.74, 6) is 0.00854. The molecule has 2 atom stereocenters. The number of unbranched alkanes of at least 4 members (excludes halogenated alkanes) is 1. The third kappa shape index (κ3) is 4.96. The molecule has 0 fully saturated rings. The monoisotopic (exact) mass is 289 g/mol. The van der Waals surface area contributed by atoms with Crippen molar-refractivity contribution in [2.75, 3.05) is 6.54 Å². The van der Waals surface area contributed by atoms with Crippen molar-refractivity contribution in [2.24, 2.45) is 5.92 Å². The first-order valence-electron chi connectivity index (χ1n) is 6.25. The smallest absolute Gasteiger partial charge is 0.222 e. The van der Waals surface area contributed by atoms with Crippen LogP contribution in [0.4, 0.5) is 0 Å². The van der Waals surface area contributed by atoms with Crippen LogP contribution < -0.4 is 5.32 Å². The Balaban J connectivity index is 2.33. The van der Waals surface area contributed by atoms with Gasteiger partial charge in [-0.25, -0.2) is 0 Å². The zero-order valence-electron chi connectivity index (χ0n) is 10.8. The van der Waals surface area contributed by atoms with Crippen molar-refractivity contribution in [1.82, 2.24) is 5.32 Å². The van der Waals surface area contributed by atoms with Crippen molar-refractivity contribution in [3.8, 4) is 0 Å². The van der Waals surface area contributed by atoms with Crippen LogP contribution in [-0.2, 0) is 4.79 Å². The summed E-state index contributed by atoms with van der Waals surface area (Å²) >= 11 is 7.13. The van der Waals surface area contributed by atoms with E-state index in [1.807, 2.05) is 6.92 Å². The molecule has 0 bridgehead atoms. The zero-order chi connectivity index (χ0) is 13.5. The molecule has 1 aromatic rings. The number of thiophene rings is 1. The number of hydrogen-bond donors (Lipinski definition) is 2. The van der Waals surface area contributed by atoms with Crippen molar-refractivity contribution >= 4 is 28.8 Å². The third-order valence-electron chi connectivity index (χ3n) is 2.83. The Morgan fingerprint density at radius 1 is 1.56 bits per heavy atom. The minimum Gasteiger partial charge on any atom is -0.386 e. The molecule has 0 radical (unpaired) electrons. The maximum absolute atomic E-state index is 11.7. The molecule has 0 saturated carbocycles. The second-order valence-corrected chi connectivity index (χ2v) is 6.19. The summed E-state index contributed by atoms with van der Waals surface area (Å²) in [5, 5.41) is 12.7. The van der Waals surface area contributed by atoms with Gasteiger partial charge in [-0.2, -0.15) is 0 Å². The average Bonchev–Trinajstić information content (AvgIpc) is 2.79. The standard InChI is InChI=1S/C13H20ClNO2S/c1-3-4-5-9(2)13(17)15-8-10(16)11-6-7-12(14)18-11/h6-7,9-10,16H,3-5,8H2,1-2H3,(H,15,17)/t9-,10+/m1/s1. The summed E-state index contributed by atoms with van der Waals surface area (Å²) in [6.07, 6.45) is 2.36. The molecule has 18 heavy (non-hydrogen) atoms. The molecule has 0 unspecified atom stereocenters. The number of nitrogens with one attached hydrogen (secondary N) is 1. The first-order valence-corrected chi connectivity index (χ1v) is 7.45. The lowest BCUT2D eigenvalue weighted by Crippen LogP contribution is -2.32. The SMILES string of the molecule is CCCC[C@@H](C)C(=O)NC[C@H](O)c1ccc(Cl)s1. The predicted octanol–water partition coefficient (Wildman–Crippen LogP) is 3.38. The van der Waals surface area contributed by atoms with E-state index in [1.54, 1.807) is 12.1 Å². The molecule has 1 aromatic heterocycles. The van der Waals surface area contributed by atoms with E-state index >= 15 is 0 Å². The van der Waals surface area contributed by atoms with Crippen LogP contribution in [0.15, 0.2) is 12.1 Å². The molecule has 3 nitrogen and oxygen atoms in total. The quantitative estimate of drug-likeness (QED) is 0.808. The van der Waals surface area contributed by atoms with Gasteiger partial charge in [-0.1, -0.05) is 38.3 Å². The van der Waals surface area contributed by atoms with Gasteiger partial charge in [0.1, 0.15) is 6.10 Å². The van der Waals surface area contributed by atoms with Crippen molar-refractivity contribution in [3.05, 3.63) is 21.3 Å². The largest absolute Gasteiger partial charge is 0.386 e. The van der Waals surface area contributed by atoms with Gasteiger partial charge in [-0.05, 0) is 18.6 Å². The van der Waals surface area contributed by atoms with Gasteiger partial charge in [0.25, 0.3) is 0 Å². The fraction of sp³-hybridized carbons (Fsp3) is 0.615. The van der Waals surface area contributed by atoms with Crippen molar-refractivity contribution in [2.45, 2.75) is 39.2 Å². The molecule has 0 aliphatic carbocycles. The lowest BCUT2D eigenvalue weighted by molar-refractivity contribution is -0.125. The van der Waals surface area contributed by atoms with E-state index in [2.05, 4.69) is 12.2 Å². The second-order valence-electron chi connectivity index (χ2n) is 4.45. The highest BCUT2D eigenvalue weighted by molar-refractivity contribution is 7.16. The van der Waals surface area contributed by atoms with Crippen LogP contribution in [0.2, 0.25) is 4.34 Å². The number of halogens is 1. The summed E-state index contributed by atoms with van der Waals surface area (Å²) in [4.78, 5) is 12.5. The van der Waals surface area contributed by atoms with Gasteiger partial charge in [-0.3, -0.25) is 4.79 Å².